The van der Waals surface area contributed by atoms with Crippen LogP contribution in [-0.4, -0.2) is 14.6 Å². The molecule has 2 heterocycles. The Hall–Kier alpha value is -1.87. The van der Waals surface area contributed by atoms with Crippen molar-refractivity contribution in [2.75, 3.05) is 0 Å². The van der Waals surface area contributed by atoms with Gasteiger partial charge < -0.3 is 0 Å². The van der Waals surface area contributed by atoms with Crippen molar-refractivity contribution in [1.29, 1.82) is 0 Å². The lowest BCUT2D eigenvalue weighted by molar-refractivity contribution is 0.906. The van der Waals surface area contributed by atoms with E-state index in [0.29, 0.717) is 17.0 Å². The Kier molecular flexibility index (Phi) is 2.57. The standard InChI is InChI=1S/C16H14ClN3/c1-10-3-2-4-11(7-10)12-8-13(12)14-9-15(17)19-20-6-5-18-16(14)20/h2-7,9,12-13H,8H2,1H3/t12-,13+/m1/s1. The Morgan fingerprint density at radius 1 is 1.25 bits per heavy atom. The van der Waals surface area contributed by atoms with E-state index in [2.05, 4.69) is 41.3 Å². The van der Waals surface area contributed by atoms with Gasteiger partial charge >= 0.3 is 0 Å². The molecule has 0 saturated heterocycles. The monoisotopic (exact) mass is 283 g/mol. The number of fused-ring (bicyclic) bond motifs is 1. The molecule has 0 radical (unpaired) electrons. The molecular formula is C16H14ClN3. The quantitative estimate of drug-likeness (QED) is 0.712. The van der Waals surface area contributed by atoms with E-state index in [4.69, 9.17) is 11.6 Å². The second kappa shape index (κ2) is 4.32. The van der Waals surface area contributed by atoms with Crippen LogP contribution in [0.2, 0.25) is 5.15 Å². The molecule has 1 aliphatic rings. The summed E-state index contributed by atoms with van der Waals surface area (Å²) in [6.07, 6.45) is 4.77. The van der Waals surface area contributed by atoms with Crippen LogP contribution < -0.4 is 0 Å². The summed E-state index contributed by atoms with van der Waals surface area (Å²) in [6, 6.07) is 10.7. The van der Waals surface area contributed by atoms with E-state index >= 15 is 0 Å². The first kappa shape index (κ1) is 11.9. The van der Waals surface area contributed by atoms with Crippen molar-refractivity contribution in [3.05, 3.63) is 64.6 Å². The molecule has 0 N–H and O–H groups in total. The third-order valence-electron chi connectivity index (χ3n) is 4.02. The van der Waals surface area contributed by atoms with Crippen LogP contribution in [0.1, 0.15) is 34.9 Å². The number of aryl methyl sites for hydroxylation is 1. The van der Waals surface area contributed by atoms with Crippen molar-refractivity contribution < 1.29 is 0 Å². The Labute approximate surface area is 122 Å². The second-order valence-corrected chi connectivity index (χ2v) is 5.87. The highest BCUT2D eigenvalue weighted by Gasteiger charge is 2.41. The van der Waals surface area contributed by atoms with Gasteiger partial charge in [0.2, 0.25) is 0 Å². The Bertz CT molecular complexity index is 793. The largest absolute Gasteiger partial charge is 0.235 e. The first-order valence-corrected chi connectivity index (χ1v) is 7.16. The fourth-order valence-corrected chi connectivity index (χ4v) is 3.19. The highest BCUT2D eigenvalue weighted by molar-refractivity contribution is 6.29. The molecule has 100 valence electrons. The third-order valence-corrected chi connectivity index (χ3v) is 4.20. The summed E-state index contributed by atoms with van der Waals surface area (Å²) in [5.41, 5.74) is 4.86. The Morgan fingerprint density at radius 2 is 2.15 bits per heavy atom. The second-order valence-electron chi connectivity index (χ2n) is 5.48. The van der Waals surface area contributed by atoms with E-state index in [1.165, 1.54) is 16.7 Å². The molecule has 2 aromatic heterocycles. The van der Waals surface area contributed by atoms with Gasteiger partial charge in [0, 0.05) is 18.0 Å². The van der Waals surface area contributed by atoms with E-state index in [-0.39, 0.29) is 0 Å². The van der Waals surface area contributed by atoms with E-state index in [9.17, 15) is 0 Å². The lowest BCUT2D eigenvalue weighted by atomic mass is 10.0. The summed E-state index contributed by atoms with van der Waals surface area (Å²) in [7, 11) is 0. The first-order valence-electron chi connectivity index (χ1n) is 6.79. The molecule has 0 unspecified atom stereocenters. The lowest BCUT2D eigenvalue weighted by Crippen LogP contribution is -1.96. The van der Waals surface area contributed by atoms with Crippen molar-refractivity contribution in [2.45, 2.75) is 25.2 Å². The molecule has 1 fully saturated rings. The fraction of sp³-hybridized carbons (Fsp3) is 0.250. The van der Waals surface area contributed by atoms with E-state index in [0.717, 1.165) is 12.1 Å². The van der Waals surface area contributed by atoms with Crippen molar-refractivity contribution in [3.63, 3.8) is 0 Å². The molecule has 3 nitrogen and oxygen atoms in total. The third kappa shape index (κ3) is 1.90. The number of imidazole rings is 1. The van der Waals surface area contributed by atoms with Gasteiger partial charge in [-0.25, -0.2) is 9.50 Å². The number of halogens is 1. The molecular weight excluding hydrogens is 270 g/mol. The van der Waals surface area contributed by atoms with E-state index < -0.39 is 0 Å². The average Bonchev–Trinajstić information content (AvgIpc) is 3.09. The Morgan fingerprint density at radius 3 is 3.00 bits per heavy atom. The summed E-state index contributed by atoms with van der Waals surface area (Å²) in [5.74, 6) is 1.08. The van der Waals surface area contributed by atoms with Crippen LogP contribution in [0.3, 0.4) is 0 Å². The smallest absolute Gasteiger partial charge is 0.157 e. The molecule has 1 saturated carbocycles. The van der Waals surface area contributed by atoms with Gasteiger partial charge in [0.25, 0.3) is 0 Å². The Balaban J connectivity index is 1.74. The van der Waals surface area contributed by atoms with E-state index in [1.54, 1.807) is 10.7 Å². The molecule has 0 amide bonds. The summed E-state index contributed by atoms with van der Waals surface area (Å²) in [5, 5.41) is 4.77. The minimum atomic E-state index is 0.502. The molecule has 3 aromatic rings. The maximum Gasteiger partial charge on any atom is 0.157 e. The van der Waals surface area contributed by atoms with E-state index in [1.807, 2.05) is 12.3 Å². The number of aromatic nitrogens is 3. The number of hydrogen-bond acceptors (Lipinski definition) is 2. The van der Waals surface area contributed by atoms with Gasteiger partial charge in [-0.2, -0.15) is 5.10 Å². The minimum Gasteiger partial charge on any atom is -0.235 e. The molecule has 1 aromatic carbocycles. The van der Waals surface area contributed by atoms with Gasteiger partial charge in [-0.1, -0.05) is 41.4 Å². The van der Waals surface area contributed by atoms with Gasteiger partial charge in [0.15, 0.2) is 5.65 Å². The number of benzene rings is 1. The van der Waals surface area contributed by atoms with Crippen molar-refractivity contribution in [2.24, 2.45) is 0 Å². The summed E-state index contributed by atoms with van der Waals surface area (Å²) in [4.78, 5) is 4.41. The van der Waals surface area contributed by atoms with Gasteiger partial charge in [-0.3, -0.25) is 0 Å². The molecule has 4 rings (SSSR count). The zero-order valence-corrected chi connectivity index (χ0v) is 11.9. The first-order chi connectivity index (χ1) is 9.72. The lowest BCUT2D eigenvalue weighted by Gasteiger charge is -2.05. The summed E-state index contributed by atoms with van der Waals surface area (Å²) < 4.78 is 1.77. The predicted molar refractivity (Wildman–Crippen MR) is 79.3 cm³/mol. The zero-order valence-electron chi connectivity index (χ0n) is 11.1. The summed E-state index contributed by atoms with van der Waals surface area (Å²) >= 11 is 6.11. The maximum absolute atomic E-state index is 6.11. The minimum absolute atomic E-state index is 0.502. The molecule has 2 atom stereocenters. The van der Waals surface area contributed by atoms with Gasteiger partial charge in [0.1, 0.15) is 5.15 Å². The van der Waals surface area contributed by atoms with Crippen LogP contribution in [0.4, 0.5) is 0 Å². The SMILES string of the molecule is Cc1cccc([C@H]2C[C@@H]2c2cc(Cl)nn3ccnc23)c1. The number of nitrogens with zero attached hydrogens (tertiary/aromatic N) is 3. The summed E-state index contributed by atoms with van der Waals surface area (Å²) in [6.45, 7) is 2.14. The van der Waals surface area contributed by atoms with Crippen LogP contribution in [0.25, 0.3) is 5.65 Å². The van der Waals surface area contributed by atoms with Crippen molar-refractivity contribution >= 4 is 17.2 Å². The molecule has 0 aliphatic heterocycles. The molecule has 0 bridgehead atoms. The van der Waals surface area contributed by atoms with Gasteiger partial charge in [-0.15, -0.1) is 0 Å². The highest BCUT2D eigenvalue weighted by Crippen LogP contribution is 2.55. The maximum atomic E-state index is 6.11. The van der Waals surface area contributed by atoms with Gasteiger partial charge in [-0.05, 0) is 36.8 Å². The highest BCUT2D eigenvalue weighted by atomic mass is 35.5. The van der Waals surface area contributed by atoms with Crippen molar-refractivity contribution in [3.8, 4) is 0 Å². The van der Waals surface area contributed by atoms with Crippen LogP contribution in [0.5, 0.6) is 0 Å². The zero-order chi connectivity index (χ0) is 13.7. The van der Waals surface area contributed by atoms with Crippen LogP contribution in [0, 0.1) is 6.92 Å². The average molecular weight is 284 g/mol. The van der Waals surface area contributed by atoms with Gasteiger partial charge in [0.05, 0.1) is 0 Å². The van der Waals surface area contributed by atoms with Crippen LogP contribution in [0.15, 0.2) is 42.7 Å². The topological polar surface area (TPSA) is 30.2 Å². The van der Waals surface area contributed by atoms with Crippen LogP contribution >= 0.6 is 11.6 Å². The normalized spacial score (nSPS) is 21.3. The fourth-order valence-electron chi connectivity index (χ4n) is 2.99. The molecule has 20 heavy (non-hydrogen) atoms. The predicted octanol–water partition coefficient (Wildman–Crippen LogP) is 3.96. The molecule has 0 spiro atoms. The van der Waals surface area contributed by atoms with Crippen LogP contribution in [-0.2, 0) is 0 Å². The number of hydrogen-bond donors (Lipinski definition) is 0. The molecule has 1 aliphatic carbocycles. The number of rotatable bonds is 2. The van der Waals surface area contributed by atoms with Crippen molar-refractivity contribution in [1.82, 2.24) is 14.6 Å². The molecule has 4 heteroatoms.